The Morgan fingerprint density at radius 2 is 2.00 bits per heavy atom. The van der Waals surface area contributed by atoms with Crippen molar-refractivity contribution in [3.63, 3.8) is 0 Å². The maximum Gasteiger partial charge on any atom is 0.128 e. The second kappa shape index (κ2) is 4.77. The SMILES string of the molecule is CN(CC1CC(Cl)C1)c1ccc2ccccc2n1. The number of alkyl halides is 1. The van der Waals surface area contributed by atoms with E-state index in [1.807, 2.05) is 12.1 Å². The van der Waals surface area contributed by atoms with Gasteiger partial charge in [-0.15, -0.1) is 11.6 Å². The maximum atomic E-state index is 6.02. The molecule has 3 heteroatoms. The van der Waals surface area contributed by atoms with E-state index >= 15 is 0 Å². The molecule has 0 amide bonds. The van der Waals surface area contributed by atoms with Gasteiger partial charge in [0.2, 0.25) is 0 Å². The molecule has 1 heterocycles. The molecule has 0 spiro atoms. The molecule has 0 aliphatic heterocycles. The van der Waals surface area contributed by atoms with E-state index in [-0.39, 0.29) is 0 Å². The van der Waals surface area contributed by atoms with E-state index in [1.54, 1.807) is 0 Å². The summed E-state index contributed by atoms with van der Waals surface area (Å²) in [6.45, 7) is 1.05. The number of aromatic nitrogens is 1. The minimum atomic E-state index is 0.396. The van der Waals surface area contributed by atoms with Crippen LogP contribution in [0.4, 0.5) is 5.82 Å². The maximum absolute atomic E-state index is 6.02. The summed E-state index contributed by atoms with van der Waals surface area (Å²) in [6.07, 6.45) is 2.28. The summed E-state index contributed by atoms with van der Waals surface area (Å²) < 4.78 is 0. The molecule has 1 aromatic carbocycles. The Labute approximate surface area is 113 Å². The van der Waals surface area contributed by atoms with Gasteiger partial charge in [0.25, 0.3) is 0 Å². The van der Waals surface area contributed by atoms with E-state index in [0.29, 0.717) is 5.38 Å². The summed E-state index contributed by atoms with van der Waals surface area (Å²) in [5.74, 6) is 1.78. The van der Waals surface area contributed by atoms with E-state index in [9.17, 15) is 0 Å². The van der Waals surface area contributed by atoms with Crippen LogP contribution in [-0.4, -0.2) is 24.0 Å². The van der Waals surface area contributed by atoms with Crippen molar-refractivity contribution < 1.29 is 0 Å². The number of anilines is 1. The van der Waals surface area contributed by atoms with Gasteiger partial charge in [0.15, 0.2) is 0 Å². The normalized spacial score (nSPS) is 22.8. The van der Waals surface area contributed by atoms with Crippen LogP contribution in [0.2, 0.25) is 0 Å². The lowest BCUT2D eigenvalue weighted by molar-refractivity contribution is 0.328. The zero-order valence-electron chi connectivity index (χ0n) is 10.5. The van der Waals surface area contributed by atoms with Crippen molar-refractivity contribution in [3.05, 3.63) is 36.4 Å². The van der Waals surface area contributed by atoms with E-state index < -0.39 is 0 Å². The minimum Gasteiger partial charge on any atom is -0.359 e. The largest absolute Gasteiger partial charge is 0.359 e. The first-order valence-electron chi connectivity index (χ1n) is 6.43. The van der Waals surface area contributed by atoms with Gasteiger partial charge in [-0.1, -0.05) is 18.2 Å². The van der Waals surface area contributed by atoms with Crippen LogP contribution in [0.1, 0.15) is 12.8 Å². The Hall–Kier alpha value is -1.28. The van der Waals surface area contributed by atoms with Crippen LogP contribution in [0.5, 0.6) is 0 Å². The summed E-state index contributed by atoms with van der Waals surface area (Å²) in [7, 11) is 2.11. The van der Waals surface area contributed by atoms with E-state index in [4.69, 9.17) is 16.6 Å². The molecule has 2 aromatic rings. The van der Waals surface area contributed by atoms with Crippen LogP contribution in [0.3, 0.4) is 0 Å². The highest BCUT2D eigenvalue weighted by molar-refractivity contribution is 6.21. The third kappa shape index (κ3) is 2.30. The molecule has 2 nitrogen and oxygen atoms in total. The van der Waals surface area contributed by atoms with Gasteiger partial charge < -0.3 is 4.90 Å². The second-order valence-corrected chi connectivity index (χ2v) is 5.79. The fraction of sp³-hybridized carbons (Fsp3) is 0.400. The highest BCUT2D eigenvalue weighted by Gasteiger charge is 2.28. The number of halogens is 1. The van der Waals surface area contributed by atoms with Gasteiger partial charge >= 0.3 is 0 Å². The molecule has 0 unspecified atom stereocenters. The smallest absolute Gasteiger partial charge is 0.128 e. The molecule has 0 N–H and O–H groups in total. The summed E-state index contributed by atoms with van der Waals surface area (Å²) in [4.78, 5) is 6.93. The minimum absolute atomic E-state index is 0.396. The van der Waals surface area contributed by atoms with E-state index in [1.165, 1.54) is 5.39 Å². The summed E-state index contributed by atoms with van der Waals surface area (Å²) in [6, 6.07) is 12.5. The van der Waals surface area contributed by atoms with Crippen molar-refractivity contribution in [2.24, 2.45) is 5.92 Å². The standard InChI is InChI=1S/C15H17ClN2/c1-18(10-11-8-13(16)9-11)15-7-6-12-4-2-3-5-14(12)17-15/h2-7,11,13H,8-10H2,1H3. The van der Waals surface area contributed by atoms with Gasteiger partial charge in [0.05, 0.1) is 5.52 Å². The van der Waals surface area contributed by atoms with Crippen LogP contribution >= 0.6 is 11.6 Å². The Morgan fingerprint density at radius 1 is 1.22 bits per heavy atom. The molecule has 0 bridgehead atoms. The average Bonchev–Trinajstić information content (AvgIpc) is 2.36. The van der Waals surface area contributed by atoms with Crippen LogP contribution in [-0.2, 0) is 0 Å². The van der Waals surface area contributed by atoms with E-state index in [0.717, 1.165) is 36.6 Å². The van der Waals surface area contributed by atoms with Crippen molar-refractivity contribution in [2.45, 2.75) is 18.2 Å². The van der Waals surface area contributed by atoms with Crippen molar-refractivity contribution in [2.75, 3.05) is 18.5 Å². The zero-order valence-corrected chi connectivity index (χ0v) is 11.3. The highest BCUT2D eigenvalue weighted by Crippen LogP contribution is 2.33. The topological polar surface area (TPSA) is 16.1 Å². The highest BCUT2D eigenvalue weighted by atomic mass is 35.5. The molecule has 1 aromatic heterocycles. The second-order valence-electron chi connectivity index (χ2n) is 5.18. The first-order chi connectivity index (χ1) is 8.72. The van der Waals surface area contributed by atoms with Crippen molar-refractivity contribution >= 4 is 28.3 Å². The van der Waals surface area contributed by atoms with Gasteiger partial charge in [-0.05, 0) is 37.0 Å². The van der Waals surface area contributed by atoms with Gasteiger partial charge in [0, 0.05) is 24.4 Å². The summed E-state index contributed by atoms with van der Waals surface area (Å²) in [5, 5.41) is 1.59. The molecule has 1 aliphatic carbocycles. The van der Waals surface area contributed by atoms with Gasteiger partial charge in [-0.2, -0.15) is 0 Å². The number of benzene rings is 1. The predicted molar refractivity (Wildman–Crippen MR) is 77.4 cm³/mol. The molecule has 0 atom stereocenters. The number of hydrogen-bond acceptors (Lipinski definition) is 2. The quantitative estimate of drug-likeness (QED) is 0.783. The molecule has 1 fully saturated rings. The number of hydrogen-bond donors (Lipinski definition) is 0. The summed E-state index contributed by atoms with van der Waals surface area (Å²) in [5.41, 5.74) is 1.06. The Bertz CT molecular complexity index is 549. The molecule has 18 heavy (non-hydrogen) atoms. The van der Waals surface area contributed by atoms with Crippen molar-refractivity contribution in [1.82, 2.24) is 4.98 Å². The van der Waals surface area contributed by atoms with Crippen LogP contribution in [0.25, 0.3) is 10.9 Å². The van der Waals surface area contributed by atoms with Gasteiger partial charge in [0.1, 0.15) is 5.82 Å². The third-order valence-electron chi connectivity index (χ3n) is 3.69. The Balaban J connectivity index is 1.76. The number of nitrogens with zero attached hydrogens (tertiary/aromatic N) is 2. The molecular formula is C15H17ClN2. The summed E-state index contributed by atoms with van der Waals surface area (Å²) >= 11 is 6.02. The molecule has 94 valence electrons. The van der Waals surface area contributed by atoms with Crippen LogP contribution in [0, 0.1) is 5.92 Å². The van der Waals surface area contributed by atoms with Gasteiger partial charge in [-0.25, -0.2) is 4.98 Å². The number of para-hydroxylation sites is 1. The Morgan fingerprint density at radius 3 is 2.78 bits per heavy atom. The monoisotopic (exact) mass is 260 g/mol. The molecule has 0 radical (unpaired) electrons. The number of fused-ring (bicyclic) bond motifs is 1. The average molecular weight is 261 g/mol. The molecule has 1 saturated carbocycles. The fourth-order valence-electron chi connectivity index (χ4n) is 2.55. The first-order valence-corrected chi connectivity index (χ1v) is 6.87. The lowest BCUT2D eigenvalue weighted by Gasteiger charge is -2.34. The number of rotatable bonds is 3. The zero-order chi connectivity index (χ0) is 12.5. The fourth-order valence-corrected chi connectivity index (χ4v) is 3.06. The van der Waals surface area contributed by atoms with Crippen molar-refractivity contribution in [3.8, 4) is 0 Å². The Kier molecular flexibility index (Phi) is 3.13. The third-order valence-corrected chi connectivity index (χ3v) is 4.04. The number of pyridine rings is 1. The first kappa shape index (κ1) is 11.8. The lowest BCUT2D eigenvalue weighted by atomic mass is 9.84. The van der Waals surface area contributed by atoms with Crippen molar-refractivity contribution in [1.29, 1.82) is 0 Å². The molecule has 3 rings (SSSR count). The molecule has 1 aliphatic rings. The lowest BCUT2D eigenvalue weighted by Crippen LogP contribution is -2.35. The van der Waals surface area contributed by atoms with Crippen LogP contribution < -0.4 is 4.90 Å². The molecule has 0 saturated heterocycles. The molecular weight excluding hydrogens is 244 g/mol. The van der Waals surface area contributed by atoms with Crippen LogP contribution in [0.15, 0.2) is 36.4 Å². The van der Waals surface area contributed by atoms with E-state index in [2.05, 4.69) is 36.2 Å². The van der Waals surface area contributed by atoms with Gasteiger partial charge in [-0.3, -0.25) is 0 Å². The predicted octanol–water partition coefficient (Wildman–Crippen LogP) is 3.69.